The van der Waals surface area contributed by atoms with Gasteiger partial charge in [-0.05, 0) is 24.6 Å². The van der Waals surface area contributed by atoms with Crippen molar-refractivity contribution in [3.63, 3.8) is 0 Å². The molecule has 0 bridgehead atoms. The average Bonchev–Trinajstić information content (AvgIpc) is 2.37. The van der Waals surface area contributed by atoms with Crippen LogP contribution in [0.3, 0.4) is 0 Å². The minimum Gasteiger partial charge on any atom is -0.504 e. The topological polar surface area (TPSA) is 81.8 Å². The number of hydrogen-bond donors (Lipinski definition) is 2. The zero-order chi connectivity index (χ0) is 13.7. The number of esters is 1. The van der Waals surface area contributed by atoms with E-state index in [-0.39, 0.29) is 36.1 Å². The summed E-state index contributed by atoms with van der Waals surface area (Å²) in [5.41, 5.74) is 5.89. The molecule has 1 aromatic carbocycles. The van der Waals surface area contributed by atoms with Crippen LogP contribution in [0, 0.1) is 0 Å². The lowest BCUT2D eigenvalue weighted by Crippen LogP contribution is -2.31. The third-order valence-electron chi connectivity index (χ3n) is 2.41. The van der Waals surface area contributed by atoms with Crippen molar-refractivity contribution in [2.75, 3.05) is 13.7 Å². The highest BCUT2D eigenvalue weighted by molar-refractivity contribution is 5.85. The molecule has 7 heteroatoms. The molecule has 0 spiro atoms. The fourth-order valence-electron chi connectivity index (χ4n) is 1.45. The van der Waals surface area contributed by atoms with Gasteiger partial charge in [0.15, 0.2) is 11.5 Å². The van der Waals surface area contributed by atoms with Crippen LogP contribution in [0.2, 0.25) is 0 Å². The number of aromatic hydroxyl groups is 1. The molecule has 0 radical (unpaired) electrons. The van der Waals surface area contributed by atoms with Crippen LogP contribution >= 0.6 is 12.4 Å². The number of alkyl halides is 1. The summed E-state index contributed by atoms with van der Waals surface area (Å²) in [6.45, 7) is 1.66. The third-order valence-corrected chi connectivity index (χ3v) is 2.41. The van der Waals surface area contributed by atoms with E-state index in [2.05, 4.69) is 4.74 Å². The first-order chi connectivity index (χ1) is 8.51. The lowest BCUT2D eigenvalue weighted by Gasteiger charge is -2.16. The summed E-state index contributed by atoms with van der Waals surface area (Å²) >= 11 is 0. The summed E-state index contributed by atoms with van der Waals surface area (Å²) in [6.07, 6.45) is -1.97. The number of rotatable bonds is 5. The number of phenols is 1. The molecule has 0 aliphatic heterocycles. The van der Waals surface area contributed by atoms with Crippen LogP contribution in [0.1, 0.15) is 18.5 Å². The second-order valence-corrected chi connectivity index (χ2v) is 3.61. The molecule has 0 amide bonds. The first-order valence-corrected chi connectivity index (χ1v) is 5.44. The van der Waals surface area contributed by atoms with Crippen LogP contribution in [0.25, 0.3) is 0 Å². The number of benzene rings is 1. The number of ether oxygens (including phenoxy) is 2. The molecule has 1 unspecified atom stereocenters. The Morgan fingerprint density at radius 3 is 2.63 bits per heavy atom. The van der Waals surface area contributed by atoms with Crippen LogP contribution in [-0.2, 0) is 9.53 Å². The molecule has 0 aliphatic carbocycles. The molecular formula is C12H17ClFNO4. The molecule has 108 valence electrons. The van der Waals surface area contributed by atoms with Crippen LogP contribution in [-0.4, -0.2) is 31.0 Å². The Kier molecular flexibility index (Phi) is 7.18. The summed E-state index contributed by atoms with van der Waals surface area (Å²) in [7, 11) is 1.39. The van der Waals surface area contributed by atoms with E-state index in [0.717, 1.165) is 0 Å². The molecule has 0 saturated heterocycles. The average molecular weight is 294 g/mol. The molecular weight excluding hydrogens is 277 g/mol. The van der Waals surface area contributed by atoms with Crippen molar-refractivity contribution >= 4 is 18.4 Å². The van der Waals surface area contributed by atoms with Gasteiger partial charge in [0, 0.05) is 0 Å². The van der Waals surface area contributed by atoms with E-state index in [1.54, 1.807) is 6.92 Å². The minimum absolute atomic E-state index is 0. The Labute approximate surface area is 116 Å². The second kappa shape index (κ2) is 7.81. The predicted octanol–water partition coefficient (Wildman–Crippen LogP) is 1.72. The number of methoxy groups -OCH3 is 1. The van der Waals surface area contributed by atoms with Gasteiger partial charge >= 0.3 is 5.97 Å². The summed E-state index contributed by atoms with van der Waals surface area (Å²) in [6, 6.07) is 2.99. The maximum absolute atomic E-state index is 13.7. The predicted molar refractivity (Wildman–Crippen MR) is 70.4 cm³/mol. The highest BCUT2D eigenvalue weighted by atomic mass is 35.5. The van der Waals surface area contributed by atoms with Crippen molar-refractivity contribution in [2.45, 2.75) is 19.1 Å². The van der Waals surface area contributed by atoms with E-state index in [1.807, 2.05) is 0 Å². The molecule has 19 heavy (non-hydrogen) atoms. The van der Waals surface area contributed by atoms with E-state index in [4.69, 9.17) is 10.5 Å². The molecule has 0 aromatic heterocycles. The molecule has 0 saturated carbocycles. The van der Waals surface area contributed by atoms with Crippen molar-refractivity contribution in [3.8, 4) is 11.5 Å². The fraction of sp³-hybridized carbons (Fsp3) is 0.417. The molecule has 5 nitrogen and oxygen atoms in total. The zero-order valence-corrected chi connectivity index (χ0v) is 11.4. The molecule has 0 aliphatic rings. The Bertz CT molecular complexity index is 430. The first kappa shape index (κ1) is 17.5. The minimum atomic E-state index is -1.97. The number of carbonyl (C=O) groups is 1. The maximum Gasteiger partial charge on any atom is 0.342 e. The van der Waals surface area contributed by atoms with Crippen LogP contribution < -0.4 is 10.5 Å². The molecule has 1 rings (SSSR count). The highest BCUT2D eigenvalue weighted by Crippen LogP contribution is 2.29. The van der Waals surface area contributed by atoms with Gasteiger partial charge in [-0.1, -0.05) is 6.07 Å². The largest absolute Gasteiger partial charge is 0.504 e. The van der Waals surface area contributed by atoms with E-state index in [1.165, 1.54) is 25.3 Å². The van der Waals surface area contributed by atoms with Crippen LogP contribution in [0.15, 0.2) is 18.2 Å². The monoisotopic (exact) mass is 293 g/mol. The van der Waals surface area contributed by atoms with Gasteiger partial charge in [-0.3, -0.25) is 0 Å². The van der Waals surface area contributed by atoms with Gasteiger partial charge in [0.05, 0.1) is 19.8 Å². The van der Waals surface area contributed by atoms with E-state index in [0.29, 0.717) is 0 Å². The Hall–Kier alpha value is -1.53. The maximum atomic E-state index is 13.7. The van der Waals surface area contributed by atoms with Crippen molar-refractivity contribution in [1.82, 2.24) is 0 Å². The summed E-state index contributed by atoms with van der Waals surface area (Å²) in [4.78, 5) is 11.2. The number of nitrogens with two attached hydrogens (primary N) is 1. The standard InChI is InChI=1S/C12H16FNO4.ClH/c1-3-18-12(16)10(13)11(14)7-4-5-9(17-2)8(15)6-7;/h4-6,10-11,15H,3,14H2,1-2H3;1H/t10?,11-;/m0./s1. The van der Waals surface area contributed by atoms with E-state index < -0.39 is 18.2 Å². The van der Waals surface area contributed by atoms with Crippen LogP contribution in [0.5, 0.6) is 11.5 Å². The van der Waals surface area contributed by atoms with Crippen LogP contribution in [0.4, 0.5) is 4.39 Å². The molecule has 1 aromatic rings. The van der Waals surface area contributed by atoms with Crippen molar-refractivity contribution in [3.05, 3.63) is 23.8 Å². The van der Waals surface area contributed by atoms with Gasteiger partial charge in [-0.15, -0.1) is 12.4 Å². The quantitative estimate of drug-likeness (QED) is 0.808. The smallest absolute Gasteiger partial charge is 0.342 e. The summed E-state index contributed by atoms with van der Waals surface area (Å²) in [5.74, 6) is -0.931. The SMILES string of the molecule is CCOC(=O)C(F)[C@@H](N)c1ccc(OC)c(O)c1.Cl. The number of phenolic OH excluding ortho intramolecular Hbond substituents is 1. The number of carbonyl (C=O) groups excluding carboxylic acids is 1. The number of hydrogen-bond acceptors (Lipinski definition) is 5. The lowest BCUT2D eigenvalue weighted by molar-refractivity contribution is -0.149. The molecule has 0 heterocycles. The van der Waals surface area contributed by atoms with E-state index in [9.17, 15) is 14.3 Å². The lowest BCUT2D eigenvalue weighted by atomic mass is 10.0. The van der Waals surface area contributed by atoms with E-state index >= 15 is 0 Å². The Morgan fingerprint density at radius 2 is 2.16 bits per heavy atom. The van der Waals surface area contributed by atoms with Gasteiger partial charge < -0.3 is 20.3 Å². The van der Waals surface area contributed by atoms with Crippen molar-refractivity contribution in [2.24, 2.45) is 5.73 Å². The zero-order valence-electron chi connectivity index (χ0n) is 10.6. The van der Waals surface area contributed by atoms with Gasteiger partial charge in [0.1, 0.15) is 0 Å². The van der Waals surface area contributed by atoms with Gasteiger partial charge in [-0.25, -0.2) is 9.18 Å². The Balaban J connectivity index is 0.00000324. The summed E-state index contributed by atoms with van der Waals surface area (Å²) in [5, 5.41) is 9.54. The molecule has 2 atom stereocenters. The molecule has 3 N–H and O–H groups in total. The van der Waals surface area contributed by atoms with Gasteiger partial charge in [0.2, 0.25) is 6.17 Å². The van der Waals surface area contributed by atoms with Crippen molar-refractivity contribution in [1.29, 1.82) is 0 Å². The molecule has 0 fully saturated rings. The van der Waals surface area contributed by atoms with Crippen molar-refractivity contribution < 1.29 is 23.8 Å². The second-order valence-electron chi connectivity index (χ2n) is 3.61. The third kappa shape index (κ3) is 4.25. The summed E-state index contributed by atoms with van der Waals surface area (Å²) < 4.78 is 23.1. The number of halogens is 2. The normalized spacial score (nSPS) is 13.1. The Morgan fingerprint density at radius 1 is 1.53 bits per heavy atom. The highest BCUT2D eigenvalue weighted by Gasteiger charge is 2.28. The first-order valence-electron chi connectivity index (χ1n) is 5.44. The van der Waals surface area contributed by atoms with Gasteiger partial charge in [0.25, 0.3) is 0 Å². The fourth-order valence-corrected chi connectivity index (χ4v) is 1.45. The van der Waals surface area contributed by atoms with Gasteiger partial charge in [-0.2, -0.15) is 0 Å².